The van der Waals surface area contributed by atoms with E-state index in [0.29, 0.717) is 21.0 Å². The minimum Gasteiger partial charge on any atom is -0.370 e. The normalized spacial score (nSPS) is 9.80. The van der Waals surface area contributed by atoms with E-state index in [1.807, 2.05) is 0 Å². The van der Waals surface area contributed by atoms with Crippen molar-refractivity contribution in [2.45, 2.75) is 11.3 Å². The van der Waals surface area contributed by atoms with Crippen LogP contribution in [0.4, 0.5) is 0 Å². The van der Waals surface area contributed by atoms with Crippen LogP contribution in [0.15, 0.2) is 47.6 Å². The summed E-state index contributed by atoms with van der Waals surface area (Å²) >= 11 is 6.86. The number of hydrogen-bond acceptors (Lipinski definition) is 5. The number of pyridine rings is 1. The highest BCUT2D eigenvalue weighted by atomic mass is 35.5. The van der Waals surface area contributed by atoms with Crippen molar-refractivity contribution in [3.8, 4) is 0 Å². The Bertz CT molecular complexity index is 772. The molecule has 0 saturated carbocycles. The summed E-state index contributed by atoms with van der Waals surface area (Å²) in [6, 6.07) is 7.93. The molecule has 0 spiro atoms. The van der Waals surface area contributed by atoms with E-state index in [0.717, 1.165) is 11.8 Å². The standard InChI is InChI=1S/C16H14ClN3O3S.ClH/c17-11-3-4-12(15(22)20-7-5-14(18)21)13(8-11)24-16(23)10-2-1-6-19-9-10;/h1-4,6,8-9H,5,7H2,(H2,18,21)(H,20,22);1H. The highest BCUT2D eigenvalue weighted by Crippen LogP contribution is 2.29. The highest BCUT2D eigenvalue weighted by Gasteiger charge is 2.16. The number of primary amides is 1. The van der Waals surface area contributed by atoms with Crippen LogP contribution < -0.4 is 11.1 Å². The summed E-state index contributed by atoms with van der Waals surface area (Å²) in [5, 5.41) is 2.74. The van der Waals surface area contributed by atoms with Crippen molar-refractivity contribution in [1.29, 1.82) is 0 Å². The molecule has 0 radical (unpaired) electrons. The average molecular weight is 400 g/mol. The van der Waals surface area contributed by atoms with Gasteiger partial charge in [0.1, 0.15) is 0 Å². The van der Waals surface area contributed by atoms with Crippen LogP contribution in [0.25, 0.3) is 0 Å². The molecule has 6 nitrogen and oxygen atoms in total. The highest BCUT2D eigenvalue weighted by molar-refractivity contribution is 8.14. The van der Waals surface area contributed by atoms with Gasteiger partial charge in [0.25, 0.3) is 5.91 Å². The van der Waals surface area contributed by atoms with Gasteiger partial charge >= 0.3 is 0 Å². The van der Waals surface area contributed by atoms with Gasteiger partial charge < -0.3 is 11.1 Å². The minimum absolute atomic E-state index is 0. The fourth-order valence-corrected chi connectivity index (χ4v) is 2.94. The lowest BCUT2D eigenvalue weighted by molar-refractivity contribution is -0.117. The maximum absolute atomic E-state index is 12.3. The number of thioether (sulfide) groups is 1. The number of carbonyl (C=O) groups excluding carboxylic acids is 3. The van der Waals surface area contributed by atoms with Gasteiger partial charge in [-0.05, 0) is 42.1 Å². The van der Waals surface area contributed by atoms with Gasteiger partial charge in [-0.1, -0.05) is 11.6 Å². The second-order valence-electron chi connectivity index (χ2n) is 4.74. The zero-order chi connectivity index (χ0) is 17.5. The minimum atomic E-state index is -0.507. The number of carbonyl (C=O) groups is 3. The Hall–Kier alpha value is -2.09. The van der Waals surface area contributed by atoms with Crippen LogP contribution in [0.2, 0.25) is 5.02 Å². The molecular weight excluding hydrogens is 385 g/mol. The Morgan fingerprint density at radius 3 is 2.64 bits per heavy atom. The largest absolute Gasteiger partial charge is 0.370 e. The Balaban J connectivity index is 0.00000312. The van der Waals surface area contributed by atoms with Crippen LogP contribution >= 0.6 is 35.8 Å². The molecule has 25 heavy (non-hydrogen) atoms. The average Bonchev–Trinajstić information content (AvgIpc) is 2.55. The summed E-state index contributed by atoms with van der Waals surface area (Å²) < 4.78 is 0. The summed E-state index contributed by atoms with van der Waals surface area (Å²) in [6.45, 7) is 0.122. The molecule has 0 bridgehead atoms. The van der Waals surface area contributed by atoms with Crippen LogP contribution in [-0.2, 0) is 4.79 Å². The topological polar surface area (TPSA) is 102 Å². The van der Waals surface area contributed by atoms with Crippen LogP contribution in [0.1, 0.15) is 27.1 Å². The first-order chi connectivity index (χ1) is 11.5. The lowest BCUT2D eigenvalue weighted by Gasteiger charge is -2.09. The van der Waals surface area contributed by atoms with E-state index in [1.165, 1.54) is 12.3 Å². The molecule has 0 fully saturated rings. The number of halogens is 2. The lowest BCUT2D eigenvalue weighted by atomic mass is 10.2. The lowest BCUT2D eigenvalue weighted by Crippen LogP contribution is -2.28. The summed E-state index contributed by atoms with van der Waals surface area (Å²) in [6.07, 6.45) is 3.06. The number of nitrogens with two attached hydrogens (primary N) is 1. The van der Waals surface area contributed by atoms with Gasteiger partial charge in [-0.15, -0.1) is 12.4 Å². The smallest absolute Gasteiger partial charge is 0.252 e. The molecule has 1 aromatic carbocycles. The van der Waals surface area contributed by atoms with Crippen molar-refractivity contribution in [2.75, 3.05) is 6.54 Å². The number of benzene rings is 1. The Morgan fingerprint density at radius 1 is 1.24 bits per heavy atom. The molecule has 9 heteroatoms. The first-order valence-electron chi connectivity index (χ1n) is 6.95. The molecule has 2 aromatic rings. The zero-order valence-electron chi connectivity index (χ0n) is 12.9. The number of rotatable bonds is 6. The Morgan fingerprint density at radius 2 is 2.00 bits per heavy atom. The molecule has 3 N–H and O–H groups in total. The molecule has 1 aromatic heterocycles. The maximum Gasteiger partial charge on any atom is 0.252 e. The third kappa shape index (κ3) is 6.38. The predicted octanol–water partition coefficient (Wildman–Crippen LogP) is 2.69. The van der Waals surface area contributed by atoms with Gasteiger partial charge in [0.05, 0.1) is 5.56 Å². The molecule has 132 valence electrons. The van der Waals surface area contributed by atoms with Gasteiger partial charge in [0.15, 0.2) is 0 Å². The van der Waals surface area contributed by atoms with E-state index >= 15 is 0 Å². The van der Waals surface area contributed by atoms with Crippen LogP contribution in [0.3, 0.4) is 0 Å². The first-order valence-corrected chi connectivity index (χ1v) is 8.15. The molecular formula is C16H15Cl2N3O3S. The van der Waals surface area contributed by atoms with E-state index in [1.54, 1.807) is 30.5 Å². The summed E-state index contributed by atoms with van der Waals surface area (Å²) in [4.78, 5) is 39.6. The summed E-state index contributed by atoms with van der Waals surface area (Å²) in [7, 11) is 0. The van der Waals surface area contributed by atoms with Gasteiger partial charge in [-0.2, -0.15) is 0 Å². The van der Waals surface area contributed by atoms with E-state index in [9.17, 15) is 14.4 Å². The van der Waals surface area contributed by atoms with Gasteiger partial charge in [0.2, 0.25) is 11.0 Å². The second kappa shape index (κ2) is 10.0. The van der Waals surface area contributed by atoms with Crippen molar-refractivity contribution >= 4 is 52.7 Å². The van der Waals surface area contributed by atoms with Gasteiger partial charge in [-0.3, -0.25) is 19.4 Å². The van der Waals surface area contributed by atoms with E-state index in [4.69, 9.17) is 17.3 Å². The first kappa shape index (κ1) is 21.0. The van der Waals surface area contributed by atoms with E-state index in [-0.39, 0.29) is 30.5 Å². The molecule has 1 heterocycles. The van der Waals surface area contributed by atoms with Crippen molar-refractivity contribution in [2.24, 2.45) is 5.73 Å². The van der Waals surface area contributed by atoms with Gasteiger partial charge in [0, 0.05) is 40.8 Å². The fraction of sp³-hybridized carbons (Fsp3) is 0.125. The molecule has 0 aliphatic carbocycles. The number of hydrogen-bond donors (Lipinski definition) is 2. The third-order valence-electron chi connectivity index (χ3n) is 2.95. The number of aromatic nitrogens is 1. The molecule has 0 atom stereocenters. The monoisotopic (exact) mass is 399 g/mol. The second-order valence-corrected chi connectivity index (χ2v) is 6.20. The third-order valence-corrected chi connectivity index (χ3v) is 4.16. The van der Waals surface area contributed by atoms with Gasteiger partial charge in [-0.25, -0.2) is 0 Å². The predicted molar refractivity (Wildman–Crippen MR) is 99.3 cm³/mol. The fourth-order valence-electron chi connectivity index (χ4n) is 1.80. The SMILES string of the molecule is Cl.NC(=O)CCNC(=O)c1ccc(Cl)cc1SC(=O)c1cccnc1. The molecule has 0 unspecified atom stereocenters. The maximum atomic E-state index is 12.3. The number of amides is 2. The van der Waals surface area contributed by atoms with Crippen LogP contribution in [0, 0.1) is 0 Å². The van der Waals surface area contributed by atoms with E-state index in [2.05, 4.69) is 10.3 Å². The van der Waals surface area contributed by atoms with Crippen molar-refractivity contribution in [3.05, 3.63) is 58.9 Å². The van der Waals surface area contributed by atoms with Crippen LogP contribution in [0.5, 0.6) is 0 Å². The molecule has 2 amide bonds. The van der Waals surface area contributed by atoms with Crippen molar-refractivity contribution in [1.82, 2.24) is 10.3 Å². The van der Waals surface area contributed by atoms with Crippen LogP contribution in [-0.4, -0.2) is 28.5 Å². The quantitative estimate of drug-likeness (QED) is 0.726. The molecule has 0 aliphatic rings. The summed E-state index contributed by atoms with van der Waals surface area (Å²) in [5.41, 5.74) is 5.75. The zero-order valence-corrected chi connectivity index (χ0v) is 15.3. The van der Waals surface area contributed by atoms with Crippen molar-refractivity contribution < 1.29 is 14.4 Å². The number of nitrogens with zero attached hydrogens (tertiary/aromatic N) is 1. The summed E-state index contributed by atoms with van der Waals surface area (Å²) in [5.74, 6) is -0.915. The molecule has 0 aliphatic heterocycles. The Labute approximate surface area is 159 Å². The van der Waals surface area contributed by atoms with E-state index < -0.39 is 11.8 Å². The molecule has 2 rings (SSSR count). The Kier molecular flexibility index (Phi) is 8.40. The van der Waals surface area contributed by atoms with Crippen molar-refractivity contribution in [3.63, 3.8) is 0 Å². The number of nitrogens with one attached hydrogen (secondary N) is 1. The molecule has 0 saturated heterocycles.